The van der Waals surface area contributed by atoms with E-state index >= 15 is 0 Å². The van der Waals surface area contributed by atoms with Crippen LogP contribution in [0.5, 0.6) is 0 Å². The van der Waals surface area contributed by atoms with E-state index in [1.54, 1.807) is 6.20 Å². The number of benzene rings is 1. The van der Waals surface area contributed by atoms with Crippen molar-refractivity contribution in [2.75, 3.05) is 11.1 Å². The van der Waals surface area contributed by atoms with Crippen LogP contribution in [0.25, 0.3) is 10.9 Å². The predicted molar refractivity (Wildman–Crippen MR) is 69.7 cm³/mol. The average Bonchev–Trinajstić information content (AvgIpc) is 2.22. The summed E-state index contributed by atoms with van der Waals surface area (Å²) in [4.78, 5) is 4.32. The largest absolute Gasteiger partial charge is 0.396 e. The van der Waals surface area contributed by atoms with Crippen molar-refractivity contribution in [2.45, 2.75) is 26.8 Å². The molecule has 1 aromatic carbocycles. The summed E-state index contributed by atoms with van der Waals surface area (Å²) in [6.45, 7) is 6.27. The summed E-state index contributed by atoms with van der Waals surface area (Å²) in [7, 11) is 0. The highest BCUT2D eigenvalue weighted by atomic mass is 14.9. The van der Waals surface area contributed by atoms with Crippen LogP contribution in [0.4, 0.5) is 11.4 Å². The van der Waals surface area contributed by atoms with Crippen LogP contribution in [0.3, 0.4) is 0 Å². The van der Waals surface area contributed by atoms with Gasteiger partial charge in [-0.25, -0.2) is 0 Å². The molecule has 0 saturated carbocycles. The van der Waals surface area contributed by atoms with Gasteiger partial charge in [0.2, 0.25) is 0 Å². The number of nitrogens with two attached hydrogens (primary N) is 1. The number of anilines is 2. The minimum absolute atomic E-state index is 0.355. The van der Waals surface area contributed by atoms with Gasteiger partial charge in [0.25, 0.3) is 0 Å². The Morgan fingerprint density at radius 3 is 2.75 bits per heavy atom. The van der Waals surface area contributed by atoms with Crippen LogP contribution in [0.1, 0.15) is 19.4 Å². The molecule has 0 amide bonds. The molecule has 0 aliphatic rings. The third-order valence-corrected chi connectivity index (χ3v) is 2.49. The van der Waals surface area contributed by atoms with E-state index in [0.29, 0.717) is 11.7 Å². The molecule has 3 nitrogen and oxygen atoms in total. The van der Waals surface area contributed by atoms with Crippen molar-refractivity contribution in [3.8, 4) is 0 Å². The van der Waals surface area contributed by atoms with E-state index in [1.807, 2.05) is 6.07 Å². The van der Waals surface area contributed by atoms with E-state index in [9.17, 15) is 0 Å². The van der Waals surface area contributed by atoms with Crippen LogP contribution >= 0.6 is 0 Å². The molecule has 0 aliphatic heterocycles. The Labute approximate surface area is 95.7 Å². The first-order valence-corrected chi connectivity index (χ1v) is 5.49. The van der Waals surface area contributed by atoms with E-state index in [0.717, 1.165) is 16.6 Å². The van der Waals surface area contributed by atoms with Gasteiger partial charge in [-0.2, -0.15) is 0 Å². The molecule has 2 aromatic rings. The fourth-order valence-corrected chi connectivity index (χ4v) is 1.77. The van der Waals surface area contributed by atoms with E-state index in [2.05, 4.69) is 43.2 Å². The van der Waals surface area contributed by atoms with Crippen LogP contribution < -0.4 is 11.1 Å². The Bertz CT molecular complexity index is 513. The summed E-state index contributed by atoms with van der Waals surface area (Å²) in [5.74, 6) is 0. The third kappa shape index (κ3) is 1.94. The first-order valence-electron chi connectivity index (χ1n) is 5.49. The molecule has 3 heteroatoms. The number of nitrogens with zero attached hydrogens (tertiary/aromatic N) is 1. The van der Waals surface area contributed by atoms with E-state index < -0.39 is 0 Å². The molecule has 2 rings (SSSR count). The summed E-state index contributed by atoms with van der Waals surface area (Å²) >= 11 is 0. The molecule has 1 aromatic heterocycles. The second-order valence-electron chi connectivity index (χ2n) is 4.41. The Balaban J connectivity index is 2.67. The highest BCUT2D eigenvalue weighted by molar-refractivity contribution is 5.97. The summed E-state index contributed by atoms with van der Waals surface area (Å²) in [6, 6.07) is 6.55. The number of rotatable bonds is 2. The summed E-state index contributed by atoms with van der Waals surface area (Å²) in [6.07, 6.45) is 1.71. The molecular formula is C13H17N3. The highest BCUT2D eigenvalue weighted by Crippen LogP contribution is 2.28. The number of hydrogen-bond donors (Lipinski definition) is 2. The molecule has 0 aliphatic carbocycles. The topological polar surface area (TPSA) is 50.9 Å². The van der Waals surface area contributed by atoms with Crippen LogP contribution in [0, 0.1) is 6.92 Å². The lowest BCUT2D eigenvalue weighted by Crippen LogP contribution is -2.12. The van der Waals surface area contributed by atoms with Crippen molar-refractivity contribution in [1.82, 2.24) is 4.98 Å². The van der Waals surface area contributed by atoms with Crippen molar-refractivity contribution in [3.63, 3.8) is 0 Å². The number of aromatic nitrogens is 1. The van der Waals surface area contributed by atoms with Crippen LogP contribution in [-0.2, 0) is 0 Å². The zero-order chi connectivity index (χ0) is 11.7. The van der Waals surface area contributed by atoms with Gasteiger partial charge in [0.15, 0.2) is 0 Å². The normalized spacial score (nSPS) is 11.0. The first-order chi connectivity index (χ1) is 7.58. The van der Waals surface area contributed by atoms with Crippen LogP contribution in [0.2, 0.25) is 0 Å². The Kier molecular flexibility index (Phi) is 2.69. The second-order valence-corrected chi connectivity index (χ2v) is 4.41. The van der Waals surface area contributed by atoms with Gasteiger partial charge in [-0.3, -0.25) is 4.98 Å². The van der Waals surface area contributed by atoms with Gasteiger partial charge in [-0.1, -0.05) is 11.6 Å². The molecule has 1 heterocycles. The van der Waals surface area contributed by atoms with Crippen molar-refractivity contribution < 1.29 is 0 Å². The van der Waals surface area contributed by atoms with Gasteiger partial charge in [-0.05, 0) is 32.9 Å². The van der Waals surface area contributed by atoms with E-state index in [-0.39, 0.29) is 0 Å². The van der Waals surface area contributed by atoms with Crippen LogP contribution in [-0.4, -0.2) is 11.0 Å². The molecule has 0 atom stereocenters. The Morgan fingerprint density at radius 2 is 2.06 bits per heavy atom. The molecule has 0 fully saturated rings. The number of nitrogens with one attached hydrogen (secondary N) is 1. The summed E-state index contributed by atoms with van der Waals surface area (Å²) < 4.78 is 0. The van der Waals surface area contributed by atoms with Crippen molar-refractivity contribution in [1.29, 1.82) is 0 Å². The lowest BCUT2D eigenvalue weighted by molar-refractivity contribution is 0.902. The van der Waals surface area contributed by atoms with Gasteiger partial charge >= 0.3 is 0 Å². The molecule has 0 spiro atoms. The Hall–Kier alpha value is -1.77. The zero-order valence-corrected chi connectivity index (χ0v) is 9.91. The average molecular weight is 215 g/mol. The minimum atomic E-state index is 0.355. The van der Waals surface area contributed by atoms with Crippen molar-refractivity contribution in [3.05, 3.63) is 30.0 Å². The lowest BCUT2D eigenvalue weighted by Gasteiger charge is -2.15. The monoisotopic (exact) mass is 215 g/mol. The molecule has 3 N–H and O–H groups in total. The maximum absolute atomic E-state index is 5.96. The zero-order valence-electron chi connectivity index (χ0n) is 9.91. The predicted octanol–water partition coefficient (Wildman–Crippen LogP) is 2.95. The van der Waals surface area contributed by atoms with Gasteiger partial charge < -0.3 is 11.1 Å². The molecular weight excluding hydrogens is 198 g/mol. The molecule has 0 bridgehead atoms. The number of fused-ring (bicyclic) bond motifs is 1. The summed E-state index contributed by atoms with van der Waals surface area (Å²) in [5.41, 5.74) is 9.84. The van der Waals surface area contributed by atoms with Gasteiger partial charge in [0.1, 0.15) is 0 Å². The van der Waals surface area contributed by atoms with Gasteiger partial charge in [0.05, 0.1) is 23.1 Å². The smallest absolute Gasteiger partial charge is 0.0743 e. The molecule has 84 valence electrons. The molecule has 0 radical (unpaired) electrons. The first kappa shape index (κ1) is 10.7. The quantitative estimate of drug-likeness (QED) is 0.809. The van der Waals surface area contributed by atoms with Crippen molar-refractivity contribution >= 4 is 22.3 Å². The standard InChI is InChI=1S/C13H17N3/c1-8(2)16-13-10-6-9(3)4-5-12(10)15-7-11(13)14/h4-8H,14H2,1-3H3,(H,15,16). The Morgan fingerprint density at radius 1 is 1.31 bits per heavy atom. The number of nitrogen functional groups attached to an aromatic ring is 1. The van der Waals surface area contributed by atoms with E-state index in [4.69, 9.17) is 5.73 Å². The third-order valence-electron chi connectivity index (χ3n) is 2.49. The summed E-state index contributed by atoms with van der Waals surface area (Å²) in [5, 5.41) is 4.47. The minimum Gasteiger partial charge on any atom is -0.396 e. The molecule has 0 unspecified atom stereocenters. The van der Waals surface area contributed by atoms with E-state index in [1.165, 1.54) is 5.56 Å². The molecule has 0 saturated heterocycles. The lowest BCUT2D eigenvalue weighted by atomic mass is 10.1. The second kappa shape index (κ2) is 4.00. The van der Waals surface area contributed by atoms with Gasteiger partial charge in [-0.15, -0.1) is 0 Å². The fraction of sp³-hybridized carbons (Fsp3) is 0.308. The SMILES string of the molecule is Cc1ccc2ncc(N)c(NC(C)C)c2c1. The maximum atomic E-state index is 5.96. The fourth-order valence-electron chi connectivity index (χ4n) is 1.77. The van der Waals surface area contributed by atoms with Crippen LogP contribution in [0.15, 0.2) is 24.4 Å². The number of aryl methyl sites for hydroxylation is 1. The number of pyridine rings is 1. The van der Waals surface area contributed by atoms with Crippen molar-refractivity contribution in [2.24, 2.45) is 0 Å². The number of hydrogen-bond acceptors (Lipinski definition) is 3. The highest BCUT2D eigenvalue weighted by Gasteiger charge is 2.07. The maximum Gasteiger partial charge on any atom is 0.0743 e. The molecule has 16 heavy (non-hydrogen) atoms. The van der Waals surface area contributed by atoms with Gasteiger partial charge in [0, 0.05) is 11.4 Å².